The maximum absolute atomic E-state index is 13.0. The van der Waals surface area contributed by atoms with Crippen LogP contribution in [-0.4, -0.2) is 37.8 Å². The lowest BCUT2D eigenvalue weighted by atomic mass is 10.1. The second-order valence-electron chi connectivity index (χ2n) is 7.35. The minimum absolute atomic E-state index is 0.000599. The highest BCUT2D eigenvalue weighted by molar-refractivity contribution is 7.89. The first-order valence-electron chi connectivity index (χ1n) is 9.50. The normalized spacial score (nSPS) is 20.5. The van der Waals surface area contributed by atoms with E-state index in [2.05, 4.69) is 0 Å². The molecule has 1 atom stereocenters. The Kier molecular flexibility index (Phi) is 4.78. The van der Waals surface area contributed by atoms with E-state index in [4.69, 9.17) is 0 Å². The number of fused-ring (bicyclic) bond motifs is 1. The summed E-state index contributed by atoms with van der Waals surface area (Å²) < 4.78 is 27.5. The number of carbonyl (C=O) groups excluding carboxylic acids is 1. The summed E-state index contributed by atoms with van der Waals surface area (Å²) >= 11 is 0. The first kappa shape index (κ1) is 18.2. The van der Waals surface area contributed by atoms with Crippen molar-refractivity contribution in [3.63, 3.8) is 0 Å². The topological polar surface area (TPSA) is 57.7 Å². The molecular weight excluding hydrogens is 360 g/mol. The largest absolute Gasteiger partial charge is 0.305 e. The van der Waals surface area contributed by atoms with Gasteiger partial charge in [0.1, 0.15) is 0 Å². The third-order valence-corrected chi connectivity index (χ3v) is 7.35. The van der Waals surface area contributed by atoms with Crippen LogP contribution in [-0.2, 0) is 16.4 Å². The molecule has 6 heteroatoms. The number of rotatable bonds is 3. The molecule has 1 amide bonds. The summed E-state index contributed by atoms with van der Waals surface area (Å²) in [6, 6.07) is 14.4. The predicted octanol–water partition coefficient (Wildman–Crippen LogP) is 3.45. The van der Waals surface area contributed by atoms with E-state index >= 15 is 0 Å². The second-order valence-corrected chi connectivity index (χ2v) is 9.29. The number of hydrogen-bond acceptors (Lipinski definition) is 3. The number of benzene rings is 2. The zero-order valence-electron chi connectivity index (χ0n) is 15.5. The lowest BCUT2D eigenvalue weighted by Gasteiger charge is -2.26. The molecule has 0 aliphatic carbocycles. The highest BCUT2D eigenvalue weighted by Gasteiger charge is 2.33. The van der Waals surface area contributed by atoms with Crippen molar-refractivity contribution in [2.24, 2.45) is 0 Å². The summed E-state index contributed by atoms with van der Waals surface area (Å²) in [6.07, 6.45) is 3.59. The maximum Gasteiger partial charge on any atom is 0.258 e. The van der Waals surface area contributed by atoms with Crippen LogP contribution in [0.25, 0.3) is 0 Å². The Balaban J connectivity index is 1.66. The first-order chi connectivity index (χ1) is 13.0. The van der Waals surface area contributed by atoms with E-state index in [1.54, 1.807) is 27.4 Å². The molecule has 2 aromatic carbocycles. The minimum Gasteiger partial charge on any atom is -0.305 e. The van der Waals surface area contributed by atoms with Crippen molar-refractivity contribution in [1.29, 1.82) is 0 Å². The summed E-state index contributed by atoms with van der Waals surface area (Å²) in [5, 5.41) is 0. The van der Waals surface area contributed by atoms with Crippen molar-refractivity contribution in [2.45, 2.75) is 43.5 Å². The van der Waals surface area contributed by atoms with Gasteiger partial charge in [0.05, 0.1) is 4.90 Å². The Bertz CT molecular complexity index is 951. The van der Waals surface area contributed by atoms with E-state index in [1.807, 2.05) is 37.3 Å². The summed E-state index contributed by atoms with van der Waals surface area (Å²) in [5.41, 5.74) is 2.38. The van der Waals surface area contributed by atoms with Crippen LogP contribution in [0.2, 0.25) is 0 Å². The van der Waals surface area contributed by atoms with Crippen LogP contribution < -0.4 is 4.90 Å². The SMILES string of the molecule is C[C@@H]1Cc2cc(S(=O)(=O)N3CCCCC3)ccc2N1C(=O)c1ccccc1. The van der Waals surface area contributed by atoms with Crippen molar-refractivity contribution in [3.05, 3.63) is 59.7 Å². The number of hydrogen-bond donors (Lipinski definition) is 0. The monoisotopic (exact) mass is 384 g/mol. The molecule has 2 aliphatic rings. The van der Waals surface area contributed by atoms with E-state index < -0.39 is 10.0 Å². The van der Waals surface area contributed by atoms with Gasteiger partial charge in [-0.15, -0.1) is 0 Å². The molecule has 5 nitrogen and oxygen atoms in total. The highest BCUT2D eigenvalue weighted by Crippen LogP contribution is 2.35. The van der Waals surface area contributed by atoms with E-state index in [0.717, 1.165) is 30.5 Å². The molecule has 0 saturated carbocycles. The second kappa shape index (κ2) is 7.09. The molecular formula is C21H24N2O3S. The van der Waals surface area contributed by atoms with Crippen molar-refractivity contribution < 1.29 is 13.2 Å². The highest BCUT2D eigenvalue weighted by atomic mass is 32.2. The number of sulfonamides is 1. The molecule has 0 radical (unpaired) electrons. The Hall–Kier alpha value is -2.18. The van der Waals surface area contributed by atoms with Gasteiger partial charge in [0, 0.05) is 30.4 Å². The third kappa shape index (κ3) is 3.28. The molecule has 2 aliphatic heterocycles. The van der Waals surface area contributed by atoms with Crippen molar-refractivity contribution >= 4 is 21.6 Å². The fourth-order valence-corrected chi connectivity index (χ4v) is 5.62. The molecule has 2 aromatic rings. The van der Waals surface area contributed by atoms with Crippen LogP contribution in [0.15, 0.2) is 53.4 Å². The number of anilines is 1. The molecule has 142 valence electrons. The van der Waals surface area contributed by atoms with E-state index in [0.29, 0.717) is 30.0 Å². The minimum atomic E-state index is -3.46. The lowest BCUT2D eigenvalue weighted by Crippen LogP contribution is -2.36. The smallest absolute Gasteiger partial charge is 0.258 e. The van der Waals surface area contributed by atoms with Crippen molar-refractivity contribution in [1.82, 2.24) is 4.31 Å². The molecule has 0 bridgehead atoms. The van der Waals surface area contributed by atoms with Gasteiger partial charge in [0.25, 0.3) is 5.91 Å². The Morgan fingerprint density at radius 2 is 1.70 bits per heavy atom. The summed E-state index contributed by atoms with van der Waals surface area (Å²) in [5.74, 6) is -0.0477. The number of carbonyl (C=O) groups is 1. The zero-order valence-corrected chi connectivity index (χ0v) is 16.3. The van der Waals surface area contributed by atoms with Gasteiger partial charge >= 0.3 is 0 Å². The third-order valence-electron chi connectivity index (χ3n) is 5.46. The van der Waals surface area contributed by atoms with Crippen LogP contribution in [0, 0.1) is 0 Å². The van der Waals surface area contributed by atoms with Gasteiger partial charge in [-0.25, -0.2) is 8.42 Å². The van der Waals surface area contributed by atoms with Crippen molar-refractivity contribution in [3.8, 4) is 0 Å². The first-order valence-corrected chi connectivity index (χ1v) is 10.9. The molecule has 2 heterocycles. The molecule has 0 unspecified atom stereocenters. The molecule has 1 saturated heterocycles. The molecule has 27 heavy (non-hydrogen) atoms. The average Bonchev–Trinajstić information content (AvgIpc) is 3.03. The Labute approximate surface area is 160 Å². The molecule has 4 rings (SSSR count). The predicted molar refractivity (Wildman–Crippen MR) is 105 cm³/mol. The van der Waals surface area contributed by atoms with Gasteiger partial charge in [-0.2, -0.15) is 4.31 Å². The van der Waals surface area contributed by atoms with E-state index in [9.17, 15) is 13.2 Å². The summed E-state index contributed by atoms with van der Waals surface area (Å²) in [4.78, 5) is 15.1. The van der Waals surface area contributed by atoms with Crippen LogP contribution in [0.3, 0.4) is 0 Å². The van der Waals surface area contributed by atoms with E-state index in [-0.39, 0.29) is 11.9 Å². The average molecular weight is 385 g/mol. The van der Waals surface area contributed by atoms with E-state index in [1.165, 1.54) is 0 Å². The number of nitrogens with zero attached hydrogens (tertiary/aromatic N) is 2. The number of amides is 1. The Morgan fingerprint density at radius 3 is 2.41 bits per heavy atom. The van der Waals surface area contributed by atoms with Crippen LogP contribution in [0.5, 0.6) is 0 Å². The summed E-state index contributed by atoms with van der Waals surface area (Å²) in [6.45, 7) is 3.18. The zero-order chi connectivity index (χ0) is 19.0. The quantitative estimate of drug-likeness (QED) is 0.814. The van der Waals surface area contributed by atoms with Gasteiger partial charge < -0.3 is 4.90 Å². The van der Waals surface area contributed by atoms with Crippen LogP contribution >= 0.6 is 0 Å². The standard InChI is InChI=1S/C21H24N2O3S/c1-16-14-18-15-19(27(25,26)22-12-6-3-7-13-22)10-11-20(18)23(16)21(24)17-8-4-2-5-9-17/h2,4-5,8-11,15-16H,3,6-7,12-14H2,1H3/t16-/m1/s1. The lowest BCUT2D eigenvalue weighted by molar-refractivity contribution is 0.0981. The molecule has 0 aromatic heterocycles. The molecule has 0 spiro atoms. The van der Waals surface area contributed by atoms with Gasteiger partial charge in [-0.05, 0) is 62.1 Å². The number of piperidine rings is 1. The fraction of sp³-hybridized carbons (Fsp3) is 0.381. The van der Waals surface area contributed by atoms with Crippen LogP contribution in [0.1, 0.15) is 42.1 Å². The van der Waals surface area contributed by atoms with Gasteiger partial charge in [-0.3, -0.25) is 4.79 Å². The molecule has 1 fully saturated rings. The maximum atomic E-state index is 13.0. The Morgan fingerprint density at radius 1 is 1.00 bits per heavy atom. The van der Waals surface area contributed by atoms with Gasteiger partial charge in [0.2, 0.25) is 10.0 Å². The van der Waals surface area contributed by atoms with Crippen LogP contribution in [0.4, 0.5) is 5.69 Å². The van der Waals surface area contributed by atoms with Crippen molar-refractivity contribution in [2.75, 3.05) is 18.0 Å². The van der Waals surface area contributed by atoms with Gasteiger partial charge in [0.15, 0.2) is 0 Å². The summed E-state index contributed by atoms with van der Waals surface area (Å²) in [7, 11) is -3.46. The van der Waals surface area contributed by atoms with Gasteiger partial charge in [-0.1, -0.05) is 24.6 Å². The fourth-order valence-electron chi connectivity index (χ4n) is 4.05. The molecule has 0 N–H and O–H groups in total.